The van der Waals surface area contributed by atoms with Gasteiger partial charge in [-0.25, -0.2) is 8.78 Å². The molecule has 0 N–H and O–H groups in total. The highest BCUT2D eigenvalue weighted by atomic mass is 19.1. The SMILES string of the molecule is Cc1c(COc2cc(F)c(CN3CCCCC3)cc2F)cccc1-c1ccc2c(c1)OCCO2. The number of likely N-dealkylation sites (tertiary alicyclic amines) is 1. The number of hydrogen-bond donors (Lipinski definition) is 0. The quantitative estimate of drug-likeness (QED) is 0.429. The molecule has 0 bridgehead atoms. The highest BCUT2D eigenvalue weighted by molar-refractivity contribution is 5.71. The molecule has 0 radical (unpaired) electrons. The average Bonchev–Trinajstić information content (AvgIpc) is 2.86. The summed E-state index contributed by atoms with van der Waals surface area (Å²) in [5.74, 6) is 0.446. The van der Waals surface area contributed by atoms with Crippen molar-refractivity contribution in [2.45, 2.75) is 39.3 Å². The van der Waals surface area contributed by atoms with Crippen LogP contribution in [0.15, 0.2) is 48.5 Å². The Kier molecular flexibility index (Phi) is 6.68. The molecule has 5 rings (SSSR count). The lowest BCUT2D eigenvalue weighted by Crippen LogP contribution is -2.29. The lowest BCUT2D eigenvalue weighted by Gasteiger charge is -2.26. The van der Waals surface area contributed by atoms with Crippen LogP contribution in [0.25, 0.3) is 11.1 Å². The summed E-state index contributed by atoms with van der Waals surface area (Å²) in [7, 11) is 0. The van der Waals surface area contributed by atoms with Crippen molar-refractivity contribution in [1.82, 2.24) is 4.90 Å². The molecule has 6 heteroatoms. The first-order valence-corrected chi connectivity index (χ1v) is 11.9. The van der Waals surface area contributed by atoms with E-state index in [0.717, 1.165) is 59.7 Å². The highest BCUT2D eigenvalue weighted by Crippen LogP contribution is 2.36. The molecule has 2 aliphatic rings. The van der Waals surface area contributed by atoms with Crippen LogP contribution >= 0.6 is 0 Å². The van der Waals surface area contributed by atoms with Gasteiger partial charge in [0.1, 0.15) is 25.6 Å². The van der Waals surface area contributed by atoms with Gasteiger partial charge in [-0.15, -0.1) is 0 Å². The maximum Gasteiger partial charge on any atom is 0.165 e. The highest BCUT2D eigenvalue weighted by Gasteiger charge is 2.17. The Hall–Kier alpha value is -3.12. The Balaban J connectivity index is 1.31. The van der Waals surface area contributed by atoms with Crippen LogP contribution in [-0.2, 0) is 13.2 Å². The second-order valence-electron chi connectivity index (χ2n) is 8.95. The first kappa shape index (κ1) is 22.7. The molecule has 0 atom stereocenters. The fourth-order valence-electron chi connectivity index (χ4n) is 4.68. The minimum Gasteiger partial charge on any atom is -0.486 e. The lowest BCUT2D eigenvalue weighted by atomic mass is 9.96. The van der Waals surface area contributed by atoms with Gasteiger partial charge < -0.3 is 14.2 Å². The third-order valence-electron chi connectivity index (χ3n) is 6.63. The fraction of sp³-hybridized carbons (Fsp3) is 0.357. The van der Waals surface area contributed by atoms with Crippen LogP contribution in [0.4, 0.5) is 8.78 Å². The van der Waals surface area contributed by atoms with E-state index in [1.54, 1.807) is 0 Å². The molecule has 3 aromatic carbocycles. The molecule has 34 heavy (non-hydrogen) atoms. The molecule has 0 aliphatic carbocycles. The van der Waals surface area contributed by atoms with Gasteiger partial charge in [0.15, 0.2) is 23.1 Å². The Bertz CT molecular complexity index is 1170. The Morgan fingerprint density at radius 3 is 2.47 bits per heavy atom. The standard InChI is InChI=1S/C28H29F2NO3/c1-19-21(6-5-7-23(19)20-8-9-26-28(15-20)33-13-12-32-26)18-34-27-16-24(29)22(14-25(27)30)17-31-10-3-2-4-11-31/h5-9,14-16H,2-4,10-13,17-18H2,1H3. The summed E-state index contributed by atoms with van der Waals surface area (Å²) in [5, 5.41) is 0. The van der Waals surface area contributed by atoms with E-state index in [2.05, 4.69) is 4.90 Å². The molecular formula is C28H29F2NO3. The number of piperidine rings is 1. The van der Waals surface area contributed by atoms with Gasteiger partial charge in [-0.3, -0.25) is 4.90 Å². The van der Waals surface area contributed by atoms with Crippen LogP contribution in [0.2, 0.25) is 0 Å². The van der Waals surface area contributed by atoms with E-state index in [1.165, 1.54) is 18.6 Å². The molecule has 3 aromatic rings. The maximum absolute atomic E-state index is 14.8. The predicted molar refractivity (Wildman–Crippen MR) is 127 cm³/mol. The van der Waals surface area contributed by atoms with Crippen LogP contribution in [0.3, 0.4) is 0 Å². The van der Waals surface area contributed by atoms with Gasteiger partial charge in [-0.05, 0) is 73.3 Å². The summed E-state index contributed by atoms with van der Waals surface area (Å²) in [6.07, 6.45) is 3.42. The van der Waals surface area contributed by atoms with E-state index in [-0.39, 0.29) is 12.4 Å². The number of hydrogen-bond acceptors (Lipinski definition) is 4. The van der Waals surface area contributed by atoms with Crippen molar-refractivity contribution in [1.29, 1.82) is 0 Å². The number of benzene rings is 3. The number of halogens is 2. The van der Waals surface area contributed by atoms with Crippen molar-refractivity contribution < 1.29 is 23.0 Å². The van der Waals surface area contributed by atoms with E-state index in [9.17, 15) is 8.78 Å². The Morgan fingerprint density at radius 1 is 0.853 bits per heavy atom. The zero-order chi connectivity index (χ0) is 23.5. The molecule has 0 unspecified atom stereocenters. The first-order chi connectivity index (χ1) is 16.6. The van der Waals surface area contributed by atoms with E-state index < -0.39 is 11.6 Å². The van der Waals surface area contributed by atoms with Crippen molar-refractivity contribution in [2.24, 2.45) is 0 Å². The summed E-state index contributed by atoms with van der Waals surface area (Å²) in [6, 6.07) is 14.2. The van der Waals surface area contributed by atoms with Crippen molar-refractivity contribution >= 4 is 0 Å². The van der Waals surface area contributed by atoms with Crippen LogP contribution in [0.1, 0.15) is 36.0 Å². The summed E-state index contributed by atoms with van der Waals surface area (Å²) in [6.45, 7) is 5.52. The Morgan fingerprint density at radius 2 is 1.65 bits per heavy atom. The monoisotopic (exact) mass is 465 g/mol. The van der Waals surface area contributed by atoms with Crippen LogP contribution in [0, 0.1) is 18.6 Å². The smallest absolute Gasteiger partial charge is 0.165 e. The summed E-state index contributed by atoms with van der Waals surface area (Å²) >= 11 is 0. The van der Waals surface area contributed by atoms with Gasteiger partial charge in [0.2, 0.25) is 0 Å². The second kappa shape index (κ2) is 10.0. The van der Waals surface area contributed by atoms with Gasteiger partial charge in [0.05, 0.1) is 0 Å². The van der Waals surface area contributed by atoms with Gasteiger partial charge in [-0.1, -0.05) is 30.7 Å². The fourth-order valence-corrected chi connectivity index (χ4v) is 4.68. The van der Waals surface area contributed by atoms with Crippen LogP contribution in [0.5, 0.6) is 17.2 Å². The molecule has 1 saturated heterocycles. The average molecular weight is 466 g/mol. The molecule has 0 spiro atoms. The first-order valence-electron chi connectivity index (χ1n) is 11.9. The maximum atomic E-state index is 14.8. The topological polar surface area (TPSA) is 30.9 Å². The Labute approximate surface area is 199 Å². The largest absolute Gasteiger partial charge is 0.486 e. The predicted octanol–water partition coefficient (Wildman–Crippen LogP) is 6.28. The van der Waals surface area contributed by atoms with Gasteiger partial charge in [0.25, 0.3) is 0 Å². The molecule has 0 saturated carbocycles. The molecule has 0 amide bonds. The second-order valence-corrected chi connectivity index (χ2v) is 8.95. The number of rotatable bonds is 6. The number of ether oxygens (including phenoxy) is 3. The normalized spacial score (nSPS) is 15.9. The van der Waals surface area contributed by atoms with Crippen molar-refractivity contribution in [2.75, 3.05) is 26.3 Å². The van der Waals surface area contributed by atoms with Crippen LogP contribution < -0.4 is 14.2 Å². The number of nitrogens with zero attached hydrogens (tertiary/aromatic N) is 1. The molecule has 2 aliphatic heterocycles. The van der Waals surface area contributed by atoms with Gasteiger partial charge in [-0.2, -0.15) is 0 Å². The van der Waals surface area contributed by atoms with Crippen molar-refractivity contribution in [3.63, 3.8) is 0 Å². The third-order valence-corrected chi connectivity index (χ3v) is 6.63. The summed E-state index contributed by atoms with van der Waals surface area (Å²) in [4.78, 5) is 2.18. The molecular weight excluding hydrogens is 436 g/mol. The number of fused-ring (bicyclic) bond motifs is 1. The molecule has 4 nitrogen and oxygen atoms in total. The molecule has 2 heterocycles. The lowest BCUT2D eigenvalue weighted by molar-refractivity contribution is 0.171. The van der Waals surface area contributed by atoms with Gasteiger partial charge >= 0.3 is 0 Å². The summed E-state index contributed by atoms with van der Waals surface area (Å²) < 4.78 is 46.5. The van der Waals surface area contributed by atoms with E-state index >= 15 is 0 Å². The van der Waals surface area contributed by atoms with Crippen molar-refractivity contribution in [3.8, 4) is 28.4 Å². The minimum absolute atomic E-state index is 0.0657. The van der Waals surface area contributed by atoms with E-state index in [1.807, 2.05) is 43.3 Å². The molecule has 178 valence electrons. The van der Waals surface area contributed by atoms with Crippen molar-refractivity contribution in [3.05, 3.63) is 76.9 Å². The summed E-state index contributed by atoms with van der Waals surface area (Å²) in [5.41, 5.74) is 4.33. The minimum atomic E-state index is -0.533. The zero-order valence-electron chi connectivity index (χ0n) is 19.4. The van der Waals surface area contributed by atoms with Gasteiger partial charge in [0, 0.05) is 18.2 Å². The van der Waals surface area contributed by atoms with E-state index in [0.29, 0.717) is 25.3 Å². The van der Waals surface area contributed by atoms with E-state index in [4.69, 9.17) is 14.2 Å². The third kappa shape index (κ3) is 4.87. The zero-order valence-corrected chi connectivity index (χ0v) is 19.4. The van der Waals surface area contributed by atoms with Crippen LogP contribution in [-0.4, -0.2) is 31.2 Å². The molecule has 0 aromatic heterocycles. The molecule has 1 fully saturated rings.